The van der Waals surface area contributed by atoms with Crippen molar-refractivity contribution < 1.29 is 19.2 Å². The maximum absolute atomic E-state index is 11.9. The van der Waals surface area contributed by atoms with Crippen molar-refractivity contribution in [3.63, 3.8) is 0 Å². The summed E-state index contributed by atoms with van der Waals surface area (Å²) < 4.78 is 4.96. The highest BCUT2D eigenvalue weighted by molar-refractivity contribution is 5.94. The lowest BCUT2D eigenvalue weighted by molar-refractivity contribution is -0.383. The van der Waals surface area contributed by atoms with E-state index in [-0.39, 0.29) is 17.8 Å². The molecule has 2 N–H and O–H groups in total. The van der Waals surface area contributed by atoms with Crippen molar-refractivity contribution >= 4 is 34.2 Å². The highest BCUT2D eigenvalue weighted by Crippen LogP contribution is 2.23. The average molecular weight is 367 g/mol. The number of carbonyl (C=O) groups is 2. The Bertz CT molecular complexity index is 996. The van der Waals surface area contributed by atoms with Gasteiger partial charge in [0.25, 0.3) is 11.6 Å². The molecule has 0 spiro atoms. The summed E-state index contributed by atoms with van der Waals surface area (Å²) in [7, 11) is 0. The number of nitro benzene ring substituents is 1. The summed E-state index contributed by atoms with van der Waals surface area (Å²) in [5.74, 6) is -1.15. The maximum atomic E-state index is 11.9. The fraction of sp³-hybridized carbons (Fsp3) is 0.158. The monoisotopic (exact) mass is 367 g/mol. The van der Waals surface area contributed by atoms with Crippen molar-refractivity contribution in [3.05, 3.63) is 70.4 Å². The second-order valence-electron chi connectivity index (χ2n) is 5.84. The van der Waals surface area contributed by atoms with E-state index in [2.05, 4.69) is 10.3 Å². The average Bonchev–Trinajstić information content (AvgIpc) is 3.08. The number of hydrogen-bond acceptors (Lipinski definition) is 5. The number of aromatic nitrogens is 1. The van der Waals surface area contributed by atoms with Crippen molar-refractivity contribution in [2.45, 2.75) is 12.8 Å². The summed E-state index contributed by atoms with van der Waals surface area (Å²) in [4.78, 5) is 37.2. The van der Waals surface area contributed by atoms with Crippen molar-refractivity contribution in [1.82, 2.24) is 4.98 Å². The first-order valence-corrected chi connectivity index (χ1v) is 8.28. The molecule has 1 amide bonds. The fourth-order valence-electron chi connectivity index (χ4n) is 2.72. The fourth-order valence-corrected chi connectivity index (χ4v) is 2.72. The van der Waals surface area contributed by atoms with Gasteiger partial charge in [0, 0.05) is 29.6 Å². The zero-order chi connectivity index (χ0) is 19.2. The molecule has 0 aliphatic heterocycles. The molecule has 0 saturated heterocycles. The second-order valence-corrected chi connectivity index (χ2v) is 5.84. The minimum absolute atomic E-state index is 0.0577. The largest absolute Gasteiger partial charge is 0.456 e. The summed E-state index contributed by atoms with van der Waals surface area (Å²) in [6, 6.07) is 13.5. The lowest BCUT2D eigenvalue weighted by Crippen LogP contribution is -2.21. The van der Waals surface area contributed by atoms with Crippen LogP contribution in [-0.4, -0.2) is 28.4 Å². The number of aryl methyl sites for hydroxylation is 1. The van der Waals surface area contributed by atoms with Crippen LogP contribution in [-0.2, 0) is 20.7 Å². The van der Waals surface area contributed by atoms with Crippen molar-refractivity contribution in [2.24, 2.45) is 0 Å². The summed E-state index contributed by atoms with van der Waals surface area (Å²) in [5.41, 5.74) is 1.82. The van der Waals surface area contributed by atoms with E-state index < -0.39 is 23.4 Å². The van der Waals surface area contributed by atoms with Gasteiger partial charge in [-0.2, -0.15) is 0 Å². The Hall–Kier alpha value is -3.68. The molecule has 1 heterocycles. The smallest absolute Gasteiger partial charge is 0.306 e. The quantitative estimate of drug-likeness (QED) is 0.378. The first-order valence-electron chi connectivity index (χ1n) is 8.28. The van der Waals surface area contributed by atoms with Gasteiger partial charge in [0.05, 0.1) is 4.92 Å². The van der Waals surface area contributed by atoms with Gasteiger partial charge in [0.1, 0.15) is 5.69 Å². The predicted molar refractivity (Wildman–Crippen MR) is 99.3 cm³/mol. The molecule has 0 radical (unpaired) electrons. The molecule has 3 aromatic rings. The van der Waals surface area contributed by atoms with Gasteiger partial charge in [-0.1, -0.05) is 30.3 Å². The molecule has 0 aliphatic carbocycles. The van der Waals surface area contributed by atoms with E-state index in [1.807, 2.05) is 30.5 Å². The van der Waals surface area contributed by atoms with Crippen LogP contribution in [0.4, 0.5) is 11.4 Å². The Kier molecular flexibility index (Phi) is 5.46. The number of aromatic amines is 1. The molecule has 138 valence electrons. The van der Waals surface area contributed by atoms with Crippen LogP contribution in [0.3, 0.4) is 0 Å². The van der Waals surface area contributed by atoms with Gasteiger partial charge in [-0.25, -0.2) is 0 Å². The number of benzene rings is 2. The number of ether oxygens (including phenoxy) is 1. The predicted octanol–water partition coefficient (Wildman–Crippen LogP) is 3.19. The van der Waals surface area contributed by atoms with Crippen LogP contribution in [0, 0.1) is 10.1 Å². The van der Waals surface area contributed by atoms with Gasteiger partial charge in [0.2, 0.25) is 0 Å². The zero-order valence-electron chi connectivity index (χ0n) is 14.3. The minimum Gasteiger partial charge on any atom is -0.456 e. The van der Waals surface area contributed by atoms with Crippen LogP contribution in [0.2, 0.25) is 0 Å². The van der Waals surface area contributed by atoms with E-state index in [0.717, 1.165) is 16.5 Å². The van der Waals surface area contributed by atoms with Crippen LogP contribution in [0.1, 0.15) is 12.0 Å². The van der Waals surface area contributed by atoms with Gasteiger partial charge in [-0.3, -0.25) is 19.7 Å². The highest BCUT2D eigenvalue weighted by Gasteiger charge is 2.16. The molecule has 0 fully saturated rings. The minimum atomic E-state index is -0.634. The number of nitro groups is 1. The van der Waals surface area contributed by atoms with Crippen molar-refractivity contribution in [1.29, 1.82) is 0 Å². The highest BCUT2D eigenvalue weighted by atomic mass is 16.6. The molecule has 2 aromatic carbocycles. The number of nitrogens with one attached hydrogen (secondary N) is 2. The topological polar surface area (TPSA) is 114 Å². The molecule has 1 aromatic heterocycles. The summed E-state index contributed by atoms with van der Waals surface area (Å²) >= 11 is 0. The number of nitrogens with zero attached hydrogens (tertiary/aromatic N) is 1. The number of para-hydroxylation sites is 3. The zero-order valence-corrected chi connectivity index (χ0v) is 14.3. The number of esters is 1. The Balaban J connectivity index is 1.49. The molecular formula is C19H17N3O5. The molecule has 3 rings (SSSR count). The molecule has 0 bridgehead atoms. The van der Waals surface area contributed by atoms with Gasteiger partial charge in [-0.05, 0) is 24.1 Å². The third-order valence-corrected chi connectivity index (χ3v) is 4.01. The molecule has 0 atom stereocenters. The molecule has 0 aliphatic rings. The third-order valence-electron chi connectivity index (χ3n) is 4.01. The van der Waals surface area contributed by atoms with Crippen molar-refractivity contribution in [2.75, 3.05) is 11.9 Å². The Labute approximate surface area is 154 Å². The number of anilines is 1. The molecule has 0 saturated carbocycles. The number of H-pyrrole nitrogens is 1. The van der Waals surface area contributed by atoms with Crippen LogP contribution in [0.5, 0.6) is 0 Å². The van der Waals surface area contributed by atoms with Crippen LogP contribution < -0.4 is 5.32 Å². The standard InChI is InChI=1S/C19H17N3O5/c23-18(21-16-7-3-4-8-17(16)22(25)26)12-27-19(24)10-9-13-11-20-15-6-2-1-5-14(13)15/h1-8,11,20H,9-10,12H2,(H,21,23). The molecule has 8 heteroatoms. The van der Waals surface area contributed by atoms with Gasteiger partial charge < -0.3 is 15.0 Å². The van der Waals surface area contributed by atoms with Crippen molar-refractivity contribution in [3.8, 4) is 0 Å². The van der Waals surface area contributed by atoms with Gasteiger partial charge in [-0.15, -0.1) is 0 Å². The SMILES string of the molecule is O=C(COC(=O)CCc1c[nH]c2ccccc12)Nc1ccccc1[N+](=O)[O-]. The van der Waals surface area contributed by atoms with E-state index in [1.165, 1.54) is 18.2 Å². The molecule has 0 unspecified atom stereocenters. The number of fused-ring (bicyclic) bond motifs is 1. The lowest BCUT2D eigenvalue weighted by atomic mass is 10.1. The normalized spacial score (nSPS) is 10.5. The van der Waals surface area contributed by atoms with Crippen LogP contribution in [0.15, 0.2) is 54.7 Å². The van der Waals surface area contributed by atoms with E-state index in [9.17, 15) is 19.7 Å². The number of amides is 1. The summed E-state index contributed by atoms with van der Waals surface area (Å²) in [6.45, 7) is -0.501. The second kappa shape index (κ2) is 8.13. The first kappa shape index (κ1) is 18.1. The van der Waals surface area contributed by atoms with E-state index in [0.29, 0.717) is 6.42 Å². The maximum Gasteiger partial charge on any atom is 0.306 e. The molecule has 27 heavy (non-hydrogen) atoms. The van der Waals surface area contributed by atoms with Crippen LogP contribution >= 0.6 is 0 Å². The first-order chi connectivity index (χ1) is 13.0. The lowest BCUT2D eigenvalue weighted by Gasteiger charge is -2.07. The van der Waals surface area contributed by atoms with E-state index in [1.54, 1.807) is 6.07 Å². The molecular weight excluding hydrogens is 350 g/mol. The third kappa shape index (κ3) is 4.49. The summed E-state index contributed by atoms with van der Waals surface area (Å²) in [5, 5.41) is 14.3. The van der Waals surface area contributed by atoms with E-state index in [4.69, 9.17) is 4.74 Å². The van der Waals surface area contributed by atoms with Gasteiger partial charge in [0.15, 0.2) is 6.61 Å². The van der Waals surface area contributed by atoms with E-state index >= 15 is 0 Å². The molecule has 8 nitrogen and oxygen atoms in total. The Morgan fingerprint density at radius 3 is 2.67 bits per heavy atom. The Morgan fingerprint density at radius 2 is 1.85 bits per heavy atom. The Morgan fingerprint density at radius 1 is 1.11 bits per heavy atom. The number of carbonyl (C=O) groups excluding carboxylic acids is 2. The van der Waals surface area contributed by atoms with Crippen LogP contribution in [0.25, 0.3) is 10.9 Å². The summed E-state index contributed by atoms with van der Waals surface area (Å²) in [6.07, 6.45) is 2.45. The number of hydrogen-bond donors (Lipinski definition) is 2. The van der Waals surface area contributed by atoms with Gasteiger partial charge >= 0.3 is 5.97 Å². The number of rotatable bonds is 7.